The second kappa shape index (κ2) is 12.0. The molecule has 0 saturated heterocycles. The van der Waals surface area contributed by atoms with Crippen molar-refractivity contribution in [1.82, 2.24) is 0 Å². The standard InChI is InChI=1S/C16H36NOS/c1-5-6-7-8-9-10-11-12-13-19-15-16(18)14-17(2,3)4/h16,18H,5-15H2,1-4H3/q+1/t16-/m1/s1. The first-order chi connectivity index (χ1) is 8.95. The van der Waals surface area contributed by atoms with Crippen LogP contribution >= 0.6 is 11.8 Å². The van der Waals surface area contributed by atoms with Gasteiger partial charge >= 0.3 is 0 Å². The van der Waals surface area contributed by atoms with Crippen molar-refractivity contribution < 1.29 is 9.59 Å². The van der Waals surface area contributed by atoms with Crippen LogP contribution in [0, 0.1) is 0 Å². The molecule has 1 N–H and O–H groups in total. The highest BCUT2D eigenvalue weighted by Gasteiger charge is 2.14. The Labute approximate surface area is 125 Å². The zero-order valence-corrected chi connectivity index (χ0v) is 14.5. The molecule has 0 aromatic rings. The minimum Gasteiger partial charge on any atom is -0.386 e. The van der Waals surface area contributed by atoms with Crippen LogP contribution in [0.1, 0.15) is 58.3 Å². The molecule has 0 aliphatic rings. The summed E-state index contributed by atoms with van der Waals surface area (Å²) in [5, 5.41) is 9.87. The van der Waals surface area contributed by atoms with Gasteiger partial charge in [0.05, 0.1) is 21.1 Å². The van der Waals surface area contributed by atoms with Crippen LogP contribution in [0.2, 0.25) is 0 Å². The predicted molar refractivity (Wildman–Crippen MR) is 88.8 cm³/mol. The summed E-state index contributed by atoms with van der Waals surface area (Å²) in [5.74, 6) is 2.11. The molecule has 0 aromatic carbocycles. The Balaban J connectivity index is 3.18. The lowest BCUT2D eigenvalue weighted by molar-refractivity contribution is -0.873. The van der Waals surface area contributed by atoms with Crippen molar-refractivity contribution in [1.29, 1.82) is 0 Å². The van der Waals surface area contributed by atoms with Gasteiger partial charge in [0.25, 0.3) is 0 Å². The third kappa shape index (κ3) is 16.2. The van der Waals surface area contributed by atoms with E-state index in [1.165, 1.54) is 57.1 Å². The summed E-state index contributed by atoms with van der Waals surface area (Å²) >= 11 is 1.91. The third-order valence-corrected chi connectivity index (χ3v) is 4.41. The lowest BCUT2D eigenvalue weighted by atomic mass is 10.1. The number of unbranched alkanes of at least 4 members (excludes halogenated alkanes) is 7. The van der Waals surface area contributed by atoms with Crippen LogP contribution < -0.4 is 0 Å². The molecule has 0 bridgehead atoms. The van der Waals surface area contributed by atoms with Gasteiger partial charge in [0.1, 0.15) is 12.6 Å². The van der Waals surface area contributed by atoms with E-state index in [-0.39, 0.29) is 6.10 Å². The fraction of sp³-hybridized carbons (Fsp3) is 1.00. The highest BCUT2D eigenvalue weighted by molar-refractivity contribution is 7.99. The molecular formula is C16H36NOS+. The number of aliphatic hydroxyl groups is 1. The van der Waals surface area contributed by atoms with Crippen LogP contribution in [0.15, 0.2) is 0 Å². The summed E-state index contributed by atoms with van der Waals surface area (Å²) in [6.07, 6.45) is 10.9. The molecule has 0 radical (unpaired) electrons. The minimum absolute atomic E-state index is 0.154. The summed E-state index contributed by atoms with van der Waals surface area (Å²) in [6.45, 7) is 3.12. The Hall–Kier alpha value is 0.270. The Bertz CT molecular complexity index is 192. The fourth-order valence-electron chi connectivity index (χ4n) is 2.24. The summed E-state index contributed by atoms with van der Waals surface area (Å²) in [6, 6.07) is 0. The zero-order valence-electron chi connectivity index (χ0n) is 13.7. The van der Waals surface area contributed by atoms with Gasteiger partial charge in [-0.2, -0.15) is 11.8 Å². The molecule has 0 unspecified atom stereocenters. The molecule has 19 heavy (non-hydrogen) atoms. The Morgan fingerprint density at radius 1 is 0.895 bits per heavy atom. The minimum atomic E-state index is -0.154. The zero-order chi connectivity index (χ0) is 14.6. The Kier molecular flexibility index (Phi) is 12.2. The van der Waals surface area contributed by atoms with Gasteiger partial charge in [0.2, 0.25) is 0 Å². The van der Waals surface area contributed by atoms with E-state index in [2.05, 4.69) is 28.1 Å². The first kappa shape index (κ1) is 19.3. The number of thioether (sulfide) groups is 1. The number of rotatable bonds is 13. The fourth-order valence-corrected chi connectivity index (χ4v) is 3.19. The van der Waals surface area contributed by atoms with E-state index >= 15 is 0 Å². The van der Waals surface area contributed by atoms with E-state index in [4.69, 9.17) is 0 Å². The maximum Gasteiger partial charge on any atom is 0.112 e. The molecule has 0 aromatic heterocycles. The summed E-state index contributed by atoms with van der Waals surface area (Å²) < 4.78 is 0.847. The van der Waals surface area contributed by atoms with Crippen LogP contribution in [0.25, 0.3) is 0 Å². The molecule has 3 heteroatoms. The molecule has 2 nitrogen and oxygen atoms in total. The average Bonchev–Trinajstić information content (AvgIpc) is 2.29. The Morgan fingerprint density at radius 3 is 1.95 bits per heavy atom. The monoisotopic (exact) mass is 290 g/mol. The number of nitrogens with zero attached hydrogens (tertiary/aromatic N) is 1. The van der Waals surface area contributed by atoms with Crippen molar-refractivity contribution in [3.63, 3.8) is 0 Å². The molecule has 0 rings (SSSR count). The van der Waals surface area contributed by atoms with Crippen molar-refractivity contribution in [2.75, 3.05) is 39.2 Å². The summed E-state index contributed by atoms with van der Waals surface area (Å²) in [7, 11) is 6.39. The highest BCUT2D eigenvalue weighted by atomic mass is 32.2. The molecule has 0 aliphatic heterocycles. The van der Waals surface area contributed by atoms with Gasteiger partial charge in [-0.25, -0.2) is 0 Å². The average molecular weight is 291 g/mol. The molecule has 0 heterocycles. The molecule has 0 amide bonds. The van der Waals surface area contributed by atoms with Gasteiger partial charge in [0, 0.05) is 5.75 Å². The van der Waals surface area contributed by atoms with Crippen molar-refractivity contribution in [2.24, 2.45) is 0 Å². The van der Waals surface area contributed by atoms with Crippen LogP contribution in [0.3, 0.4) is 0 Å². The topological polar surface area (TPSA) is 20.2 Å². The largest absolute Gasteiger partial charge is 0.386 e. The van der Waals surface area contributed by atoms with E-state index in [1.807, 2.05) is 11.8 Å². The first-order valence-electron chi connectivity index (χ1n) is 8.02. The van der Waals surface area contributed by atoms with Crippen LogP contribution in [-0.2, 0) is 0 Å². The smallest absolute Gasteiger partial charge is 0.112 e. The maximum atomic E-state index is 9.87. The number of aliphatic hydroxyl groups excluding tert-OH is 1. The lowest BCUT2D eigenvalue weighted by Gasteiger charge is -2.26. The second-order valence-corrected chi connectivity index (χ2v) is 7.83. The highest BCUT2D eigenvalue weighted by Crippen LogP contribution is 2.12. The van der Waals surface area contributed by atoms with Crippen molar-refractivity contribution in [3.8, 4) is 0 Å². The van der Waals surface area contributed by atoms with E-state index in [1.54, 1.807) is 0 Å². The van der Waals surface area contributed by atoms with Crippen LogP contribution in [-0.4, -0.2) is 54.9 Å². The molecule has 0 saturated carbocycles. The summed E-state index contributed by atoms with van der Waals surface area (Å²) in [5.41, 5.74) is 0. The number of likely N-dealkylation sites (N-methyl/N-ethyl adjacent to an activating group) is 1. The number of hydrogen-bond donors (Lipinski definition) is 1. The van der Waals surface area contributed by atoms with E-state index in [9.17, 15) is 5.11 Å². The molecule has 0 spiro atoms. The SMILES string of the molecule is CCCCCCCCCCSC[C@H](O)C[N+](C)(C)C. The van der Waals surface area contributed by atoms with Gasteiger partial charge in [-0.05, 0) is 12.2 Å². The van der Waals surface area contributed by atoms with E-state index < -0.39 is 0 Å². The number of quaternary nitrogens is 1. The Morgan fingerprint density at radius 2 is 1.42 bits per heavy atom. The summed E-state index contributed by atoms with van der Waals surface area (Å²) in [4.78, 5) is 0. The molecule has 1 atom stereocenters. The normalized spacial score (nSPS) is 13.7. The van der Waals surface area contributed by atoms with Crippen molar-refractivity contribution in [3.05, 3.63) is 0 Å². The van der Waals surface area contributed by atoms with Crippen LogP contribution in [0.4, 0.5) is 0 Å². The molecule has 0 aliphatic carbocycles. The van der Waals surface area contributed by atoms with Crippen molar-refractivity contribution >= 4 is 11.8 Å². The van der Waals surface area contributed by atoms with Gasteiger partial charge in [-0.1, -0.05) is 51.9 Å². The predicted octanol–water partition coefficient (Wildman–Crippen LogP) is 3.93. The molecule has 0 fully saturated rings. The second-order valence-electron chi connectivity index (χ2n) is 6.68. The lowest BCUT2D eigenvalue weighted by Crippen LogP contribution is -2.42. The van der Waals surface area contributed by atoms with Gasteiger partial charge in [-0.3, -0.25) is 0 Å². The first-order valence-corrected chi connectivity index (χ1v) is 9.17. The van der Waals surface area contributed by atoms with Gasteiger partial charge < -0.3 is 9.59 Å². The van der Waals surface area contributed by atoms with E-state index in [0.717, 1.165) is 16.8 Å². The van der Waals surface area contributed by atoms with Crippen LogP contribution in [0.5, 0.6) is 0 Å². The number of hydrogen-bond acceptors (Lipinski definition) is 2. The third-order valence-electron chi connectivity index (χ3n) is 3.21. The molecule has 116 valence electrons. The molecular weight excluding hydrogens is 254 g/mol. The van der Waals surface area contributed by atoms with Gasteiger partial charge in [-0.15, -0.1) is 0 Å². The van der Waals surface area contributed by atoms with E-state index in [0.29, 0.717) is 0 Å². The maximum absolute atomic E-state index is 9.87. The van der Waals surface area contributed by atoms with Crippen molar-refractivity contribution in [2.45, 2.75) is 64.4 Å². The quantitative estimate of drug-likeness (QED) is 0.410. The van der Waals surface area contributed by atoms with Gasteiger partial charge in [0.15, 0.2) is 0 Å².